The molecule has 2 unspecified atom stereocenters. The first-order valence-electron chi connectivity index (χ1n) is 7.79. The number of amides is 3. The predicted octanol–water partition coefficient (Wildman–Crippen LogP) is -1.61. The van der Waals surface area contributed by atoms with E-state index in [0.29, 0.717) is 32.2 Å². The number of likely N-dealkylation sites (N-methyl/N-ethyl adjacent to an activating group) is 2. The molecule has 0 spiro atoms. The summed E-state index contributed by atoms with van der Waals surface area (Å²) >= 11 is 0. The van der Waals surface area contributed by atoms with Gasteiger partial charge in [-0.05, 0) is 0 Å². The van der Waals surface area contributed by atoms with Crippen LogP contribution >= 0.6 is 0 Å². The van der Waals surface area contributed by atoms with Crippen LogP contribution in [0.15, 0.2) is 4.99 Å². The molecule has 0 aliphatic carbocycles. The molecule has 0 aromatic carbocycles. The Bertz CT molecular complexity index is 619. The molecule has 0 radical (unpaired) electrons. The van der Waals surface area contributed by atoms with Crippen molar-refractivity contribution >= 4 is 23.7 Å². The van der Waals surface area contributed by atoms with E-state index in [9.17, 15) is 9.59 Å². The van der Waals surface area contributed by atoms with E-state index in [1.165, 1.54) is 11.9 Å². The molecule has 3 saturated heterocycles. The molecule has 4 rings (SSSR count). The molecule has 124 valence electrons. The summed E-state index contributed by atoms with van der Waals surface area (Å²) in [5, 5.41) is 0. The molecule has 0 aromatic rings. The zero-order chi connectivity index (χ0) is 16.1. The van der Waals surface area contributed by atoms with E-state index in [1.807, 2.05) is 4.90 Å². The number of guanidine groups is 1. The van der Waals surface area contributed by atoms with Crippen LogP contribution in [0.3, 0.4) is 0 Å². The Morgan fingerprint density at radius 1 is 1.22 bits per heavy atom. The quantitative estimate of drug-likeness (QED) is 0.451. The van der Waals surface area contributed by atoms with Gasteiger partial charge in [0.05, 0.1) is 39.5 Å². The van der Waals surface area contributed by atoms with Crippen molar-refractivity contribution < 1.29 is 23.6 Å². The number of nitrogens with zero attached hydrogens (tertiary/aromatic N) is 5. The maximum atomic E-state index is 12.7. The number of urea groups is 1. The summed E-state index contributed by atoms with van der Waals surface area (Å²) in [6.07, 6.45) is 0.127. The van der Waals surface area contributed by atoms with E-state index in [0.717, 1.165) is 23.9 Å². The fourth-order valence-corrected chi connectivity index (χ4v) is 3.18. The smallest absolute Gasteiger partial charge is 0.375 e. The van der Waals surface area contributed by atoms with Gasteiger partial charge in [0.15, 0.2) is 0 Å². The van der Waals surface area contributed by atoms with Gasteiger partial charge in [-0.25, -0.2) is 9.69 Å². The van der Waals surface area contributed by atoms with Crippen LogP contribution in [0.1, 0.15) is 0 Å². The molecule has 23 heavy (non-hydrogen) atoms. The average molecular weight is 322 g/mol. The van der Waals surface area contributed by atoms with E-state index >= 15 is 0 Å². The molecule has 4 heterocycles. The fraction of sp³-hybridized carbons (Fsp3) is 0.714. The number of ether oxygens (including phenoxy) is 2. The Balaban J connectivity index is 1.75. The topological polar surface area (TPSA) is 81.0 Å². The number of carbonyl (C=O) groups excluding carboxylic acids is 2. The molecule has 0 N–H and O–H groups in total. The van der Waals surface area contributed by atoms with Crippen LogP contribution in [0.5, 0.6) is 0 Å². The van der Waals surface area contributed by atoms with Gasteiger partial charge in [-0.2, -0.15) is 0 Å². The first-order valence-corrected chi connectivity index (χ1v) is 7.79. The predicted molar refractivity (Wildman–Crippen MR) is 79.4 cm³/mol. The van der Waals surface area contributed by atoms with E-state index in [1.54, 1.807) is 7.05 Å². The number of amidine groups is 1. The van der Waals surface area contributed by atoms with Crippen LogP contribution in [0.2, 0.25) is 0 Å². The maximum absolute atomic E-state index is 12.7. The number of epoxide rings is 1. The van der Waals surface area contributed by atoms with Crippen LogP contribution in [0.4, 0.5) is 4.79 Å². The molecule has 4 aliphatic heterocycles. The summed E-state index contributed by atoms with van der Waals surface area (Å²) in [5.41, 5.74) is 0. The molecule has 0 saturated carbocycles. The lowest BCUT2D eigenvalue weighted by atomic mass is 10.1. The third-order valence-corrected chi connectivity index (χ3v) is 4.61. The van der Waals surface area contributed by atoms with Gasteiger partial charge in [-0.15, -0.1) is 0 Å². The molecule has 3 fully saturated rings. The van der Waals surface area contributed by atoms with Crippen LogP contribution in [0.25, 0.3) is 0 Å². The molecule has 3 amide bonds. The third-order valence-electron chi connectivity index (χ3n) is 4.61. The van der Waals surface area contributed by atoms with Gasteiger partial charge in [0.25, 0.3) is 5.91 Å². The number of rotatable bonds is 2. The summed E-state index contributed by atoms with van der Waals surface area (Å²) in [6.45, 7) is 4.02. The largest absolute Gasteiger partial charge is 0.392 e. The second-order valence-corrected chi connectivity index (χ2v) is 6.12. The second-order valence-electron chi connectivity index (χ2n) is 6.12. The van der Waals surface area contributed by atoms with Gasteiger partial charge < -0.3 is 9.47 Å². The lowest BCUT2D eigenvalue weighted by Crippen LogP contribution is -2.63. The minimum Gasteiger partial charge on any atom is -0.375 e. The van der Waals surface area contributed by atoms with E-state index < -0.39 is 6.04 Å². The second kappa shape index (κ2) is 5.27. The van der Waals surface area contributed by atoms with E-state index in [4.69, 9.17) is 9.47 Å². The van der Waals surface area contributed by atoms with Crippen molar-refractivity contribution in [3.05, 3.63) is 0 Å². The minimum atomic E-state index is -0.551. The van der Waals surface area contributed by atoms with Crippen molar-refractivity contribution in [3.8, 4) is 0 Å². The SMILES string of the molecule is CN1C(=O)C2C(=NC(=[N+]3CCOCC3)N2CC2CO2)N(C)C1=O. The number of imide groups is 1. The van der Waals surface area contributed by atoms with Crippen molar-refractivity contribution in [2.24, 2.45) is 4.99 Å². The van der Waals surface area contributed by atoms with Crippen LogP contribution in [-0.2, 0) is 14.3 Å². The lowest BCUT2D eigenvalue weighted by molar-refractivity contribution is -0.554. The summed E-state index contributed by atoms with van der Waals surface area (Å²) in [4.78, 5) is 34.1. The molecule has 2 atom stereocenters. The number of fused-ring (bicyclic) bond motifs is 1. The molecule has 4 aliphatic rings. The van der Waals surface area contributed by atoms with Gasteiger partial charge in [-0.1, -0.05) is 4.99 Å². The van der Waals surface area contributed by atoms with Crippen LogP contribution in [-0.4, -0.2) is 109 Å². The Morgan fingerprint density at radius 3 is 2.57 bits per heavy atom. The summed E-state index contributed by atoms with van der Waals surface area (Å²) < 4.78 is 12.9. The first kappa shape index (κ1) is 14.6. The molecular weight excluding hydrogens is 302 g/mol. The van der Waals surface area contributed by atoms with Gasteiger partial charge in [0.1, 0.15) is 6.10 Å². The Kier molecular flexibility index (Phi) is 3.34. The molecule has 0 aromatic heterocycles. The molecule has 0 bridgehead atoms. The summed E-state index contributed by atoms with van der Waals surface area (Å²) in [6, 6.07) is -0.902. The van der Waals surface area contributed by atoms with Gasteiger partial charge in [-0.3, -0.25) is 19.2 Å². The van der Waals surface area contributed by atoms with Gasteiger partial charge >= 0.3 is 12.0 Å². The maximum Gasteiger partial charge on any atom is 0.392 e. The van der Waals surface area contributed by atoms with E-state index in [-0.39, 0.29) is 18.0 Å². The number of morpholine rings is 1. The Hall–Kier alpha value is -2.00. The van der Waals surface area contributed by atoms with Crippen molar-refractivity contribution in [3.63, 3.8) is 0 Å². The van der Waals surface area contributed by atoms with Crippen molar-refractivity contribution in [1.29, 1.82) is 0 Å². The average Bonchev–Trinajstić information content (AvgIpc) is 3.31. The van der Waals surface area contributed by atoms with Gasteiger partial charge in [0, 0.05) is 14.1 Å². The Labute approximate surface area is 133 Å². The fourth-order valence-electron chi connectivity index (χ4n) is 3.18. The van der Waals surface area contributed by atoms with Crippen LogP contribution < -0.4 is 0 Å². The standard InChI is InChI=1S/C14H20N5O4/c1-16-11-10(12(20)17(2)14(16)21)19(7-9-8-23-9)13(15-11)18-3-5-22-6-4-18/h9-10H,3-8H2,1-2H3/q+1. The number of hydrogen-bond acceptors (Lipinski definition) is 4. The zero-order valence-electron chi connectivity index (χ0n) is 13.3. The van der Waals surface area contributed by atoms with Crippen molar-refractivity contribution in [1.82, 2.24) is 14.7 Å². The van der Waals surface area contributed by atoms with Crippen molar-refractivity contribution in [2.45, 2.75) is 12.1 Å². The van der Waals surface area contributed by atoms with E-state index in [2.05, 4.69) is 9.57 Å². The number of hydrogen-bond donors (Lipinski definition) is 0. The Morgan fingerprint density at radius 2 is 1.91 bits per heavy atom. The highest BCUT2D eigenvalue weighted by molar-refractivity contribution is 6.25. The summed E-state index contributed by atoms with van der Waals surface area (Å²) in [5.74, 6) is 1.00. The third kappa shape index (κ3) is 2.31. The molecule has 9 nitrogen and oxygen atoms in total. The monoisotopic (exact) mass is 322 g/mol. The minimum absolute atomic E-state index is 0.127. The van der Waals surface area contributed by atoms with Gasteiger partial charge in [0.2, 0.25) is 11.9 Å². The normalized spacial score (nSPS) is 30.9. The molecule has 9 heteroatoms. The molecular formula is C14H20N5O4+. The lowest BCUT2D eigenvalue weighted by Gasteiger charge is -2.33. The number of carbonyl (C=O) groups is 2. The van der Waals surface area contributed by atoms with Crippen molar-refractivity contribution in [2.75, 3.05) is 53.6 Å². The highest BCUT2D eigenvalue weighted by Crippen LogP contribution is 2.25. The zero-order valence-corrected chi connectivity index (χ0v) is 13.3. The highest BCUT2D eigenvalue weighted by Gasteiger charge is 2.56. The first-order chi connectivity index (χ1) is 11.1. The summed E-state index contributed by atoms with van der Waals surface area (Å²) in [7, 11) is 3.17. The number of aliphatic imine (C=N–C) groups is 1. The van der Waals surface area contributed by atoms with Crippen LogP contribution in [0, 0.1) is 0 Å². The highest BCUT2D eigenvalue weighted by atomic mass is 16.6.